The molecule has 0 aliphatic carbocycles. The van der Waals surface area contributed by atoms with E-state index in [1.165, 1.54) is 6.92 Å². The molecule has 0 heterocycles. The topological polar surface area (TPSA) is 105 Å². The van der Waals surface area contributed by atoms with E-state index in [4.69, 9.17) is 32.8 Å². The molecule has 8 heteroatoms. The Morgan fingerprint density at radius 3 is 2.29 bits per heavy atom. The summed E-state index contributed by atoms with van der Waals surface area (Å²) in [5.74, 6) is 3.77. The Bertz CT molecular complexity index is 1100. The number of terminal acetylenes is 2. The molecule has 2 N–H and O–H groups in total. The number of rotatable bonds is 10. The molecule has 2 rings (SSSR count). The molecule has 0 saturated carbocycles. The van der Waals surface area contributed by atoms with Gasteiger partial charge in [-0.25, -0.2) is 4.79 Å². The summed E-state index contributed by atoms with van der Waals surface area (Å²) in [6, 6.07) is 11.7. The second kappa shape index (κ2) is 13.1. The summed E-state index contributed by atoms with van der Waals surface area (Å²) in [5.41, 5.74) is 7.48. The fourth-order valence-electron chi connectivity index (χ4n) is 3.01. The number of nitrogens with two attached hydrogens (primary N) is 1. The third-order valence-electron chi connectivity index (χ3n) is 4.69. The standard InChI is InChI=1S/C26H24BrNO6/c1-4-7-18(8-5-2)16-32-26(31)34-17(3)33-23(29)15-20-9-6-10-22(24(20)28)25(30)19-11-13-21(27)14-12-19/h1-2,6,9-14,17-18H,7-8,15-16,28H2,3H3. The van der Waals surface area contributed by atoms with Gasteiger partial charge in [-0.15, -0.1) is 24.7 Å². The van der Waals surface area contributed by atoms with Gasteiger partial charge in [0.05, 0.1) is 13.0 Å². The van der Waals surface area contributed by atoms with E-state index in [0.717, 1.165) is 4.47 Å². The molecule has 0 radical (unpaired) electrons. The highest BCUT2D eigenvalue weighted by Crippen LogP contribution is 2.23. The van der Waals surface area contributed by atoms with Crippen LogP contribution in [0.4, 0.5) is 10.5 Å². The number of ketones is 1. The minimum atomic E-state index is -1.20. The van der Waals surface area contributed by atoms with Gasteiger partial charge in [0.2, 0.25) is 6.29 Å². The van der Waals surface area contributed by atoms with Crippen LogP contribution < -0.4 is 5.73 Å². The average molecular weight is 526 g/mol. The first kappa shape index (κ1) is 26.5. The minimum Gasteiger partial charge on any atom is -0.434 e. The lowest BCUT2D eigenvalue weighted by molar-refractivity contribution is -0.167. The Balaban J connectivity index is 1.93. The van der Waals surface area contributed by atoms with Crippen LogP contribution in [-0.2, 0) is 25.4 Å². The highest BCUT2D eigenvalue weighted by atomic mass is 79.9. The van der Waals surface area contributed by atoms with Crippen LogP contribution in [0.2, 0.25) is 0 Å². The molecule has 0 aliphatic heterocycles. The number of anilines is 1. The van der Waals surface area contributed by atoms with Crippen LogP contribution in [0.15, 0.2) is 46.9 Å². The first-order valence-electron chi connectivity index (χ1n) is 10.3. The molecule has 0 aromatic heterocycles. The molecule has 0 saturated heterocycles. The highest BCUT2D eigenvalue weighted by molar-refractivity contribution is 9.10. The summed E-state index contributed by atoms with van der Waals surface area (Å²) >= 11 is 3.32. The molecule has 2 aromatic carbocycles. The largest absolute Gasteiger partial charge is 0.511 e. The van der Waals surface area contributed by atoms with E-state index < -0.39 is 18.4 Å². The summed E-state index contributed by atoms with van der Waals surface area (Å²) in [4.78, 5) is 37.0. The summed E-state index contributed by atoms with van der Waals surface area (Å²) in [7, 11) is 0. The number of carbonyl (C=O) groups excluding carboxylic acids is 3. The van der Waals surface area contributed by atoms with Crippen molar-refractivity contribution in [3.05, 3.63) is 63.6 Å². The van der Waals surface area contributed by atoms with Gasteiger partial charge in [-0.3, -0.25) is 9.59 Å². The van der Waals surface area contributed by atoms with Crippen molar-refractivity contribution in [2.75, 3.05) is 12.3 Å². The van der Waals surface area contributed by atoms with Gasteiger partial charge in [0, 0.05) is 47.0 Å². The van der Waals surface area contributed by atoms with Gasteiger partial charge in [-0.2, -0.15) is 0 Å². The first-order valence-corrected chi connectivity index (χ1v) is 11.1. The lowest BCUT2D eigenvalue weighted by Gasteiger charge is -2.16. The zero-order valence-corrected chi connectivity index (χ0v) is 20.2. The lowest BCUT2D eigenvalue weighted by Crippen LogP contribution is -2.24. The Morgan fingerprint density at radius 1 is 1.03 bits per heavy atom. The molecule has 1 unspecified atom stereocenters. The number of para-hydroxylation sites is 1. The van der Waals surface area contributed by atoms with Crippen LogP contribution in [0.25, 0.3) is 0 Å². The average Bonchev–Trinajstić information content (AvgIpc) is 2.79. The molecule has 0 bridgehead atoms. The summed E-state index contributed by atoms with van der Waals surface area (Å²) in [6.07, 6.45) is 8.79. The van der Waals surface area contributed by atoms with Crippen molar-refractivity contribution in [1.82, 2.24) is 0 Å². The lowest BCUT2D eigenvalue weighted by atomic mass is 9.98. The minimum absolute atomic E-state index is 0.0103. The number of hydrogen-bond acceptors (Lipinski definition) is 7. The second-order valence-electron chi connectivity index (χ2n) is 7.31. The maximum atomic E-state index is 12.8. The fraction of sp³-hybridized carbons (Fsp3) is 0.269. The Kier molecular flexibility index (Phi) is 10.2. The number of benzene rings is 2. The molecule has 34 heavy (non-hydrogen) atoms. The van der Waals surface area contributed by atoms with E-state index in [9.17, 15) is 14.4 Å². The zero-order chi connectivity index (χ0) is 25.1. The molecule has 2 aromatic rings. The van der Waals surface area contributed by atoms with Crippen molar-refractivity contribution in [1.29, 1.82) is 0 Å². The SMILES string of the molecule is C#CCC(CC#C)COC(=O)OC(C)OC(=O)Cc1cccc(C(=O)c2ccc(Br)cc2)c1N. The summed E-state index contributed by atoms with van der Waals surface area (Å²) in [5, 5.41) is 0. The van der Waals surface area contributed by atoms with Crippen molar-refractivity contribution >= 4 is 39.5 Å². The zero-order valence-electron chi connectivity index (χ0n) is 18.6. The third-order valence-corrected chi connectivity index (χ3v) is 5.22. The van der Waals surface area contributed by atoms with Gasteiger partial charge < -0.3 is 19.9 Å². The van der Waals surface area contributed by atoms with Crippen molar-refractivity contribution in [3.8, 4) is 24.7 Å². The van der Waals surface area contributed by atoms with Crippen LogP contribution in [-0.4, -0.2) is 30.8 Å². The molecular formula is C26H24BrNO6. The number of hydrogen-bond donors (Lipinski definition) is 1. The van der Waals surface area contributed by atoms with Crippen LogP contribution in [0.5, 0.6) is 0 Å². The maximum absolute atomic E-state index is 12.8. The van der Waals surface area contributed by atoms with Gasteiger partial charge in [0.25, 0.3) is 0 Å². The van der Waals surface area contributed by atoms with Gasteiger partial charge in [-0.05, 0) is 35.9 Å². The molecule has 0 aliphatic rings. The Morgan fingerprint density at radius 2 is 1.68 bits per heavy atom. The van der Waals surface area contributed by atoms with Gasteiger partial charge in [0.15, 0.2) is 5.78 Å². The predicted octanol–water partition coefficient (Wildman–Crippen LogP) is 4.51. The molecule has 176 valence electrons. The van der Waals surface area contributed by atoms with Crippen molar-refractivity contribution in [2.45, 2.75) is 32.5 Å². The molecule has 0 spiro atoms. The van der Waals surface area contributed by atoms with Crippen molar-refractivity contribution < 1.29 is 28.6 Å². The first-order chi connectivity index (χ1) is 16.2. The van der Waals surface area contributed by atoms with Crippen LogP contribution in [0.1, 0.15) is 41.3 Å². The number of carbonyl (C=O) groups is 3. The molecular weight excluding hydrogens is 502 g/mol. The van der Waals surface area contributed by atoms with E-state index in [-0.39, 0.29) is 36.0 Å². The van der Waals surface area contributed by atoms with E-state index in [2.05, 4.69) is 27.8 Å². The Hall–Kier alpha value is -3.75. The fourth-order valence-corrected chi connectivity index (χ4v) is 3.27. The molecule has 1 atom stereocenters. The maximum Gasteiger partial charge on any atom is 0.511 e. The van der Waals surface area contributed by atoms with E-state index in [1.807, 2.05) is 0 Å². The second-order valence-corrected chi connectivity index (χ2v) is 8.23. The van der Waals surface area contributed by atoms with Gasteiger partial charge >= 0.3 is 12.1 Å². The van der Waals surface area contributed by atoms with Crippen molar-refractivity contribution in [3.63, 3.8) is 0 Å². The summed E-state index contributed by atoms with van der Waals surface area (Å²) in [6.45, 7) is 1.36. The van der Waals surface area contributed by atoms with E-state index in [0.29, 0.717) is 24.0 Å². The molecule has 0 fully saturated rings. The number of esters is 1. The monoisotopic (exact) mass is 525 g/mol. The van der Waals surface area contributed by atoms with Gasteiger partial charge in [-0.1, -0.05) is 28.1 Å². The molecule has 0 amide bonds. The third kappa shape index (κ3) is 7.99. The predicted molar refractivity (Wildman–Crippen MR) is 131 cm³/mol. The van der Waals surface area contributed by atoms with E-state index in [1.54, 1.807) is 42.5 Å². The number of halogens is 1. The number of nitrogen functional groups attached to an aromatic ring is 1. The van der Waals surface area contributed by atoms with Crippen molar-refractivity contribution in [2.24, 2.45) is 5.92 Å². The van der Waals surface area contributed by atoms with E-state index >= 15 is 0 Å². The van der Waals surface area contributed by atoms with Gasteiger partial charge in [0.1, 0.15) is 0 Å². The Labute approximate surface area is 207 Å². The van der Waals surface area contributed by atoms with Crippen LogP contribution in [0, 0.1) is 30.6 Å². The smallest absolute Gasteiger partial charge is 0.434 e. The summed E-state index contributed by atoms with van der Waals surface area (Å²) < 4.78 is 15.9. The normalized spacial score (nSPS) is 11.1. The number of ether oxygens (including phenoxy) is 3. The highest BCUT2D eigenvalue weighted by Gasteiger charge is 2.20. The van der Waals surface area contributed by atoms with Crippen LogP contribution >= 0.6 is 15.9 Å². The molecule has 7 nitrogen and oxygen atoms in total. The van der Waals surface area contributed by atoms with Crippen LogP contribution in [0.3, 0.4) is 0 Å². The quantitative estimate of drug-likeness (QED) is 0.160.